The summed E-state index contributed by atoms with van der Waals surface area (Å²) in [6.45, 7) is 3.54. The maximum absolute atomic E-state index is 13.8. The van der Waals surface area contributed by atoms with E-state index in [-0.39, 0.29) is 31.7 Å². The summed E-state index contributed by atoms with van der Waals surface area (Å²) in [5.41, 5.74) is 0.780. The molecule has 0 spiro atoms. The van der Waals surface area contributed by atoms with Crippen LogP contribution < -0.4 is 16.0 Å². The van der Waals surface area contributed by atoms with Gasteiger partial charge < -0.3 is 26.2 Å². The van der Waals surface area contributed by atoms with E-state index in [4.69, 9.17) is 12.8 Å². The number of aliphatic hydroxyl groups excluding tert-OH is 2. The van der Waals surface area contributed by atoms with Gasteiger partial charge in [-0.05, 0) is 50.1 Å². The summed E-state index contributed by atoms with van der Waals surface area (Å²) in [6, 6.07) is 7.19. The Bertz CT molecular complexity index is 1260. The van der Waals surface area contributed by atoms with Crippen LogP contribution in [0.1, 0.15) is 83.1 Å². The first-order valence-corrected chi connectivity index (χ1v) is 18.7. The number of sulfonamides is 1. The van der Waals surface area contributed by atoms with Gasteiger partial charge in [0.05, 0.1) is 29.9 Å². The zero-order chi connectivity index (χ0) is 34.7. The summed E-state index contributed by atoms with van der Waals surface area (Å²) in [5.74, 6) is 2.60. The third-order valence-electron chi connectivity index (χ3n) is 8.83. The number of benzene rings is 1. The first-order valence-electron chi connectivity index (χ1n) is 17.0. The monoisotopic (exact) mass is 672 g/mol. The summed E-state index contributed by atoms with van der Waals surface area (Å²) in [7, 11) is -2.33. The van der Waals surface area contributed by atoms with E-state index in [9.17, 15) is 28.2 Å². The highest BCUT2D eigenvalue weighted by molar-refractivity contribution is 7.89. The molecule has 2 amide bonds. The molecule has 11 heteroatoms. The molecule has 0 aliphatic heterocycles. The molecule has 1 aromatic carbocycles. The molecule has 0 bridgehead atoms. The molecule has 2 unspecified atom stereocenters. The number of nitrogens with zero attached hydrogens (tertiary/aromatic N) is 1. The number of likely N-dealkylation sites (N-methyl/N-ethyl adjacent to an activating group) is 1. The van der Waals surface area contributed by atoms with Gasteiger partial charge in [-0.1, -0.05) is 69.4 Å². The number of nitrogens with one attached hydrogen (secondary N) is 3. The number of hydrogen-bond acceptors (Lipinski definition) is 7. The van der Waals surface area contributed by atoms with Crippen molar-refractivity contribution in [1.82, 2.24) is 20.3 Å². The molecule has 1 saturated carbocycles. The number of hydrogen-bond donors (Lipinski definition) is 5. The van der Waals surface area contributed by atoms with Gasteiger partial charge in [0.2, 0.25) is 21.8 Å². The summed E-state index contributed by atoms with van der Waals surface area (Å²) in [6.07, 6.45) is 16.5. The van der Waals surface area contributed by atoms with Crippen molar-refractivity contribution >= 4 is 21.8 Å². The largest absolute Gasteiger partial charge is 0.390 e. The molecule has 5 N–H and O–H groups in total. The van der Waals surface area contributed by atoms with E-state index in [0.717, 1.165) is 50.6 Å². The lowest BCUT2D eigenvalue weighted by Gasteiger charge is -2.33. The van der Waals surface area contributed by atoms with E-state index in [2.05, 4.69) is 27.8 Å². The predicted molar refractivity (Wildman–Crippen MR) is 186 cm³/mol. The van der Waals surface area contributed by atoms with E-state index in [0.29, 0.717) is 25.8 Å². The highest BCUT2D eigenvalue weighted by Crippen LogP contribution is 2.29. The Kier molecular flexibility index (Phi) is 18.7. The minimum absolute atomic E-state index is 0.137. The van der Waals surface area contributed by atoms with Crippen LogP contribution in [0, 0.1) is 36.5 Å². The van der Waals surface area contributed by atoms with Crippen molar-refractivity contribution in [3.63, 3.8) is 0 Å². The van der Waals surface area contributed by atoms with Crippen molar-refractivity contribution in [2.45, 2.75) is 108 Å². The van der Waals surface area contributed by atoms with Gasteiger partial charge in [0.25, 0.3) is 0 Å². The summed E-state index contributed by atoms with van der Waals surface area (Å²) < 4.78 is 28.0. The molecule has 1 fully saturated rings. The van der Waals surface area contributed by atoms with Gasteiger partial charge in [0.1, 0.15) is 6.04 Å². The average molecular weight is 673 g/mol. The van der Waals surface area contributed by atoms with E-state index in [1.807, 2.05) is 37.3 Å². The Labute approximate surface area is 282 Å². The lowest BCUT2D eigenvalue weighted by atomic mass is 9.82. The van der Waals surface area contributed by atoms with Gasteiger partial charge in [0, 0.05) is 33.0 Å². The van der Waals surface area contributed by atoms with Gasteiger partial charge in [-0.15, -0.1) is 24.7 Å². The van der Waals surface area contributed by atoms with Crippen molar-refractivity contribution in [2.24, 2.45) is 11.8 Å². The maximum Gasteiger partial charge on any atom is 0.243 e. The van der Waals surface area contributed by atoms with Crippen molar-refractivity contribution in [1.29, 1.82) is 0 Å². The Morgan fingerprint density at radius 2 is 1.72 bits per heavy atom. The molecule has 1 aliphatic rings. The van der Waals surface area contributed by atoms with E-state index in [1.165, 1.54) is 11.4 Å². The smallest absolute Gasteiger partial charge is 0.243 e. The number of carbonyl (C=O) groups excluding carboxylic acids is 2. The van der Waals surface area contributed by atoms with Gasteiger partial charge in [-0.3, -0.25) is 9.59 Å². The van der Waals surface area contributed by atoms with Crippen LogP contribution in [0.5, 0.6) is 0 Å². The fourth-order valence-electron chi connectivity index (χ4n) is 6.00. The maximum atomic E-state index is 13.8. The fourth-order valence-corrected chi connectivity index (χ4v) is 7.40. The molecular formula is C36H56N4O6S. The third kappa shape index (κ3) is 14.8. The van der Waals surface area contributed by atoms with Crippen LogP contribution in [0.2, 0.25) is 0 Å². The zero-order valence-corrected chi connectivity index (χ0v) is 29.0. The second-order valence-electron chi connectivity index (χ2n) is 12.7. The van der Waals surface area contributed by atoms with E-state index >= 15 is 0 Å². The molecule has 0 saturated heterocycles. The summed E-state index contributed by atoms with van der Waals surface area (Å²) in [5, 5.41) is 30.7. The van der Waals surface area contributed by atoms with Gasteiger partial charge >= 0.3 is 0 Å². The first kappa shape index (κ1) is 40.2. The van der Waals surface area contributed by atoms with Crippen molar-refractivity contribution < 1.29 is 28.2 Å². The van der Waals surface area contributed by atoms with Crippen LogP contribution in [0.15, 0.2) is 30.3 Å². The Morgan fingerprint density at radius 3 is 2.36 bits per heavy atom. The van der Waals surface area contributed by atoms with Crippen molar-refractivity contribution in [2.75, 3.05) is 32.4 Å². The standard InChI is InChI=1S/C36H56N4O6S/c1-5-8-11-21-33(41)34(42)32(26-29-19-14-10-15-20-29)39-36(44)31(16-6-2)38-35(43)30(25-28-17-12-9-13-18-28)27-47(45,46)40(4)24-23-37-22-7-3/h1-2,9,12-13,17-18,29-34,37,41-42H,7-8,10-11,14-16,19-27H2,3-4H3,(H,38,43)(H,39,44)/t30?,31-,32?,33-,34+/m0/s1. The molecule has 2 rings (SSSR count). The number of amides is 2. The SMILES string of the molecule is C#CCCC[C@H](O)[C@H](O)C(CC1CCCCC1)NC(=O)[C@H](CC#C)NC(=O)C(Cc1ccccc1)CS(=O)(=O)N(C)CCNCCC. The second-order valence-corrected chi connectivity index (χ2v) is 14.8. The third-order valence-corrected chi connectivity index (χ3v) is 10.8. The zero-order valence-electron chi connectivity index (χ0n) is 28.2. The lowest BCUT2D eigenvalue weighted by Crippen LogP contribution is -2.56. The molecule has 47 heavy (non-hydrogen) atoms. The van der Waals surface area contributed by atoms with E-state index < -0.39 is 57.8 Å². The van der Waals surface area contributed by atoms with Crippen LogP contribution in [-0.4, -0.2) is 91.5 Å². The van der Waals surface area contributed by atoms with E-state index in [1.54, 1.807) is 0 Å². The van der Waals surface area contributed by atoms with Crippen LogP contribution in [0.4, 0.5) is 0 Å². The van der Waals surface area contributed by atoms with Gasteiger partial charge in [-0.25, -0.2) is 12.7 Å². The van der Waals surface area contributed by atoms with Crippen LogP contribution >= 0.6 is 0 Å². The Balaban J connectivity index is 2.24. The first-order chi connectivity index (χ1) is 22.5. The molecule has 0 aromatic heterocycles. The number of unbranched alkanes of at least 4 members (excludes halogenated alkanes) is 1. The number of rotatable bonds is 22. The Morgan fingerprint density at radius 1 is 1.02 bits per heavy atom. The summed E-state index contributed by atoms with van der Waals surface area (Å²) >= 11 is 0. The van der Waals surface area contributed by atoms with Crippen LogP contribution in [0.25, 0.3) is 0 Å². The minimum Gasteiger partial charge on any atom is -0.390 e. The normalized spacial score (nSPS) is 17.1. The number of terminal acetylenes is 2. The molecule has 5 atom stereocenters. The lowest BCUT2D eigenvalue weighted by molar-refractivity contribution is -0.132. The highest BCUT2D eigenvalue weighted by atomic mass is 32.2. The molecule has 0 radical (unpaired) electrons. The molecule has 1 aliphatic carbocycles. The molecule has 0 heterocycles. The van der Waals surface area contributed by atoms with Crippen LogP contribution in [-0.2, 0) is 26.0 Å². The van der Waals surface area contributed by atoms with Gasteiger partial charge in [-0.2, -0.15) is 0 Å². The molecule has 262 valence electrons. The molecule has 10 nitrogen and oxygen atoms in total. The Hall–Kier alpha value is -2.93. The van der Waals surface area contributed by atoms with Crippen molar-refractivity contribution in [3.8, 4) is 24.7 Å². The molecular weight excluding hydrogens is 616 g/mol. The van der Waals surface area contributed by atoms with Crippen LogP contribution in [0.3, 0.4) is 0 Å². The number of aliphatic hydroxyl groups is 2. The summed E-state index contributed by atoms with van der Waals surface area (Å²) in [4.78, 5) is 27.4. The average Bonchev–Trinajstić information content (AvgIpc) is 3.06. The van der Waals surface area contributed by atoms with Gasteiger partial charge in [0.15, 0.2) is 0 Å². The topological polar surface area (TPSA) is 148 Å². The highest BCUT2D eigenvalue weighted by Gasteiger charge is 2.34. The quantitative estimate of drug-likeness (QED) is 0.0940. The molecule has 1 aromatic rings. The second kappa shape index (κ2) is 21.8. The fraction of sp³-hybridized carbons (Fsp3) is 0.667. The number of carbonyl (C=O) groups is 2. The minimum atomic E-state index is -3.83. The van der Waals surface area contributed by atoms with Crippen molar-refractivity contribution in [3.05, 3.63) is 35.9 Å². The predicted octanol–water partition coefficient (Wildman–Crippen LogP) is 2.60.